The smallest absolute Gasteiger partial charge is 0.226 e. The van der Waals surface area contributed by atoms with Gasteiger partial charge in [-0.3, -0.25) is 4.57 Å². The van der Waals surface area contributed by atoms with Crippen LogP contribution in [0.3, 0.4) is 0 Å². The maximum absolute atomic E-state index is 11.1. The molecule has 13 heteroatoms. The van der Waals surface area contributed by atoms with E-state index in [0.717, 1.165) is 16.8 Å². The molecule has 46 heavy (non-hydrogen) atoms. The van der Waals surface area contributed by atoms with Crippen LogP contribution in [0, 0.1) is 6.92 Å². The van der Waals surface area contributed by atoms with Crippen LogP contribution in [0.5, 0.6) is 0 Å². The Morgan fingerprint density at radius 3 is 2.28 bits per heavy atom. The number of aromatic nitrogens is 7. The third-order valence-electron chi connectivity index (χ3n) is 8.11. The zero-order valence-electron chi connectivity index (χ0n) is 25.4. The van der Waals surface area contributed by atoms with E-state index in [-0.39, 0.29) is 11.8 Å². The first-order valence-corrected chi connectivity index (χ1v) is 15.2. The number of rotatable bonds is 11. The van der Waals surface area contributed by atoms with Crippen molar-refractivity contribution in [3.05, 3.63) is 114 Å². The molecule has 0 radical (unpaired) electrons. The zero-order valence-corrected chi connectivity index (χ0v) is 25.4. The average Bonchev–Trinajstić information content (AvgIpc) is 3.86. The highest BCUT2D eigenvalue weighted by Gasteiger charge is 2.47. The van der Waals surface area contributed by atoms with E-state index < -0.39 is 24.5 Å². The zero-order chi connectivity index (χ0) is 31.6. The van der Waals surface area contributed by atoms with E-state index in [2.05, 4.69) is 49.9 Å². The van der Waals surface area contributed by atoms with Gasteiger partial charge in [-0.2, -0.15) is 9.97 Å². The number of imidazole rings is 2. The Morgan fingerprint density at radius 1 is 0.891 bits per heavy atom. The number of nitrogens with zero attached hydrogens (tertiary/aromatic N) is 7. The number of fused-ring (bicyclic) bond motifs is 1. The third-order valence-corrected chi connectivity index (χ3v) is 8.11. The number of hydrogen-bond donors (Lipinski definition) is 4. The van der Waals surface area contributed by atoms with Crippen molar-refractivity contribution in [2.75, 3.05) is 23.7 Å². The minimum atomic E-state index is -1.29. The highest BCUT2D eigenvalue weighted by molar-refractivity contribution is 5.84. The Morgan fingerprint density at radius 2 is 1.63 bits per heavy atom. The van der Waals surface area contributed by atoms with Crippen LogP contribution < -0.4 is 10.6 Å². The third kappa shape index (κ3) is 5.95. The molecule has 7 rings (SSSR count). The van der Waals surface area contributed by atoms with Crippen LogP contribution >= 0.6 is 0 Å². The normalized spacial score (nSPS) is 19.7. The molecule has 4 N–H and O–H groups in total. The van der Waals surface area contributed by atoms with Crippen molar-refractivity contribution in [2.45, 2.75) is 43.8 Å². The van der Waals surface area contributed by atoms with Crippen molar-refractivity contribution in [3.8, 4) is 0 Å². The second-order valence-electron chi connectivity index (χ2n) is 11.4. The standard InChI is InChI=1S/C33H35N9O4/c1-20-17-45-31(38-20)28-26(43)27(44)32(46-28)42-19-37-25-29(39-33(40-30(25)42)34-14-13-23-16-41(2)18-36-23)35-15-24(21-9-5-3-6-10-21)22-11-7-4-8-12-22/h3-12,16-19,24,26-28,32,43-44H,13-15H2,1-2H3,(H2,34,35,39,40)/t26-,27+,28-,32+/m0/s1. The van der Waals surface area contributed by atoms with E-state index in [9.17, 15) is 10.2 Å². The van der Waals surface area contributed by atoms with Crippen LogP contribution in [0.15, 0.2) is 90.2 Å². The number of hydrogen-bond acceptors (Lipinski definition) is 11. The van der Waals surface area contributed by atoms with E-state index in [1.807, 2.05) is 54.2 Å². The number of aryl methyl sites for hydroxylation is 2. The lowest BCUT2D eigenvalue weighted by molar-refractivity contribution is -0.0436. The SMILES string of the molecule is Cc1coc([C@H]2O[C@@H](n3cnc4c(NCC(c5ccccc5)c5ccccc5)nc(NCCc5cn(C)cn5)nc43)[C@H](O)[C@@H]2O)n1. The number of aliphatic hydroxyl groups is 2. The maximum atomic E-state index is 11.1. The summed E-state index contributed by atoms with van der Waals surface area (Å²) in [5.74, 6) is 1.12. The predicted molar refractivity (Wildman–Crippen MR) is 170 cm³/mol. The fraction of sp³-hybridized carbons (Fsp3) is 0.303. The Kier molecular flexibility index (Phi) is 8.18. The summed E-state index contributed by atoms with van der Waals surface area (Å²) in [5.41, 5.74) is 4.83. The summed E-state index contributed by atoms with van der Waals surface area (Å²) in [6.45, 7) is 2.85. The van der Waals surface area contributed by atoms with Crippen LogP contribution in [-0.4, -0.2) is 69.6 Å². The first-order chi connectivity index (χ1) is 22.4. The molecule has 0 bridgehead atoms. The number of aliphatic hydroxyl groups excluding tert-OH is 2. The molecule has 1 saturated heterocycles. The topological polar surface area (TPSA) is 161 Å². The van der Waals surface area contributed by atoms with Gasteiger partial charge >= 0.3 is 0 Å². The van der Waals surface area contributed by atoms with Gasteiger partial charge in [-0.25, -0.2) is 15.0 Å². The molecule has 236 valence electrons. The molecule has 4 aromatic heterocycles. The predicted octanol–water partition coefficient (Wildman–Crippen LogP) is 3.75. The summed E-state index contributed by atoms with van der Waals surface area (Å²) in [6, 6.07) is 20.6. The fourth-order valence-electron chi connectivity index (χ4n) is 5.80. The monoisotopic (exact) mass is 621 g/mol. The lowest BCUT2D eigenvalue weighted by atomic mass is 9.91. The highest BCUT2D eigenvalue weighted by atomic mass is 16.6. The maximum Gasteiger partial charge on any atom is 0.226 e. The molecule has 4 atom stereocenters. The lowest BCUT2D eigenvalue weighted by Crippen LogP contribution is -2.29. The Bertz CT molecular complexity index is 1870. The van der Waals surface area contributed by atoms with Gasteiger partial charge in [-0.15, -0.1) is 0 Å². The second kappa shape index (κ2) is 12.7. The Labute approximate surface area is 265 Å². The fourth-order valence-corrected chi connectivity index (χ4v) is 5.80. The minimum absolute atomic E-state index is 0.0372. The summed E-state index contributed by atoms with van der Waals surface area (Å²) < 4.78 is 15.1. The summed E-state index contributed by atoms with van der Waals surface area (Å²) in [5, 5.41) is 28.8. The van der Waals surface area contributed by atoms with Gasteiger partial charge in [0.25, 0.3) is 0 Å². The molecule has 0 amide bonds. The van der Waals surface area contributed by atoms with Gasteiger partial charge in [0.1, 0.15) is 18.5 Å². The quantitative estimate of drug-likeness (QED) is 0.167. The van der Waals surface area contributed by atoms with E-state index in [4.69, 9.17) is 19.1 Å². The van der Waals surface area contributed by atoms with Crippen molar-refractivity contribution in [1.29, 1.82) is 0 Å². The molecule has 0 aliphatic carbocycles. The molecule has 0 saturated carbocycles. The van der Waals surface area contributed by atoms with E-state index >= 15 is 0 Å². The largest absolute Gasteiger partial charge is 0.446 e. The Hall–Kier alpha value is -5.11. The van der Waals surface area contributed by atoms with Gasteiger partial charge in [0, 0.05) is 38.7 Å². The summed E-state index contributed by atoms with van der Waals surface area (Å²) in [6.07, 6.45) is 2.90. The average molecular weight is 622 g/mol. The molecule has 6 aromatic rings. The van der Waals surface area contributed by atoms with Gasteiger partial charge in [0.2, 0.25) is 11.8 Å². The van der Waals surface area contributed by atoms with Crippen molar-refractivity contribution in [3.63, 3.8) is 0 Å². The molecule has 1 aliphatic rings. The van der Waals surface area contributed by atoms with Crippen LogP contribution in [0.25, 0.3) is 11.2 Å². The lowest BCUT2D eigenvalue weighted by Gasteiger charge is -2.20. The minimum Gasteiger partial charge on any atom is -0.446 e. The molecule has 1 fully saturated rings. The number of anilines is 2. The number of oxazole rings is 1. The summed E-state index contributed by atoms with van der Waals surface area (Å²) >= 11 is 0. The number of nitrogens with one attached hydrogen (secondary N) is 2. The van der Waals surface area contributed by atoms with Gasteiger partial charge in [0.05, 0.1) is 24.0 Å². The number of ether oxygens (including phenoxy) is 1. The van der Waals surface area contributed by atoms with Gasteiger partial charge < -0.3 is 34.6 Å². The van der Waals surface area contributed by atoms with Crippen LogP contribution in [0.1, 0.15) is 46.7 Å². The molecule has 2 aromatic carbocycles. The van der Waals surface area contributed by atoms with Gasteiger partial charge in [-0.1, -0.05) is 60.7 Å². The van der Waals surface area contributed by atoms with E-state index in [1.54, 1.807) is 17.8 Å². The first-order valence-electron chi connectivity index (χ1n) is 15.2. The van der Waals surface area contributed by atoms with Crippen LogP contribution in [0.4, 0.5) is 11.8 Å². The van der Waals surface area contributed by atoms with Crippen LogP contribution in [0.2, 0.25) is 0 Å². The van der Waals surface area contributed by atoms with Gasteiger partial charge in [0.15, 0.2) is 29.3 Å². The molecule has 13 nitrogen and oxygen atoms in total. The van der Waals surface area contributed by atoms with Crippen molar-refractivity contribution >= 4 is 22.9 Å². The number of benzene rings is 2. The molecule has 0 unspecified atom stereocenters. The molecular weight excluding hydrogens is 586 g/mol. The van der Waals surface area contributed by atoms with Crippen LogP contribution in [-0.2, 0) is 18.2 Å². The summed E-state index contributed by atoms with van der Waals surface area (Å²) in [4.78, 5) is 22.9. The highest BCUT2D eigenvalue weighted by Crippen LogP contribution is 2.40. The molecule has 0 spiro atoms. The van der Waals surface area contributed by atoms with Crippen molar-refractivity contribution in [2.24, 2.45) is 7.05 Å². The first kappa shape index (κ1) is 29.6. The summed E-state index contributed by atoms with van der Waals surface area (Å²) in [7, 11) is 1.93. The Balaban J connectivity index is 1.21. The van der Waals surface area contributed by atoms with Crippen molar-refractivity contribution in [1.82, 2.24) is 34.1 Å². The van der Waals surface area contributed by atoms with E-state index in [0.29, 0.717) is 48.1 Å². The molecular formula is C33H35N9O4. The van der Waals surface area contributed by atoms with Gasteiger partial charge in [-0.05, 0) is 18.1 Å². The van der Waals surface area contributed by atoms with E-state index in [1.165, 1.54) is 12.6 Å². The van der Waals surface area contributed by atoms with Crippen molar-refractivity contribution < 1.29 is 19.4 Å². The molecule has 5 heterocycles. The second-order valence-corrected chi connectivity index (χ2v) is 11.4. The molecule has 1 aliphatic heterocycles.